The average Bonchev–Trinajstić information content (AvgIpc) is 2.82. The summed E-state index contributed by atoms with van der Waals surface area (Å²) in [6.07, 6.45) is 6.78. The van der Waals surface area contributed by atoms with E-state index >= 15 is 0 Å². The summed E-state index contributed by atoms with van der Waals surface area (Å²) >= 11 is 0. The summed E-state index contributed by atoms with van der Waals surface area (Å²) in [5, 5.41) is 1.07. The Labute approximate surface area is 201 Å². The van der Waals surface area contributed by atoms with Gasteiger partial charge in [-0.1, -0.05) is 36.8 Å². The fourth-order valence-electron chi connectivity index (χ4n) is 5.31. The van der Waals surface area contributed by atoms with Gasteiger partial charge in [-0.05, 0) is 74.1 Å². The topological polar surface area (TPSA) is 51.5 Å². The average molecular weight is 459 g/mol. The second-order valence-corrected chi connectivity index (χ2v) is 10.1. The first kappa shape index (κ1) is 22.7. The van der Waals surface area contributed by atoms with Crippen LogP contribution in [0.5, 0.6) is 5.75 Å². The molecular weight excluding hydrogens is 424 g/mol. The predicted octanol–water partition coefficient (Wildman–Crippen LogP) is 4.97. The minimum atomic E-state index is 0.0352. The number of pyridine rings is 1. The van der Waals surface area contributed by atoms with Crippen LogP contribution < -0.4 is 10.3 Å². The Morgan fingerprint density at radius 3 is 2.44 bits per heavy atom. The number of ether oxygens (including phenoxy) is 1. The van der Waals surface area contributed by atoms with Gasteiger partial charge in [-0.15, -0.1) is 0 Å². The molecule has 1 amide bonds. The molecule has 1 saturated carbocycles. The molecule has 0 bridgehead atoms. The van der Waals surface area contributed by atoms with E-state index in [4.69, 9.17) is 4.74 Å². The second-order valence-electron chi connectivity index (χ2n) is 10.1. The number of carbonyl (C=O) groups excluding carboxylic acids is 1. The Bertz CT molecular complexity index is 1210. The Balaban J connectivity index is 1.20. The molecule has 1 aliphatic carbocycles. The van der Waals surface area contributed by atoms with Gasteiger partial charge in [0.1, 0.15) is 5.75 Å². The molecule has 2 aromatic carbocycles. The molecule has 3 aromatic rings. The minimum Gasteiger partial charge on any atom is -0.484 e. The zero-order valence-corrected chi connectivity index (χ0v) is 20.0. The maximum atomic E-state index is 12.8. The van der Waals surface area contributed by atoms with Gasteiger partial charge in [-0.25, -0.2) is 0 Å². The molecule has 0 unspecified atom stereocenters. The molecule has 5 nitrogen and oxygen atoms in total. The molecule has 178 valence electrons. The Kier molecular flexibility index (Phi) is 6.70. The van der Waals surface area contributed by atoms with Gasteiger partial charge in [0.05, 0.1) is 5.52 Å². The normalized spacial score (nSPS) is 17.0. The van der Waals surface area contributed by atoms with Crippen LogP contribution in [0.25, 0.3) is 10.9 Å². The number of piperidine rings is 1. The molecule has 2 aliphatic rings. The first-order valence-electron chi connectivity index (χ1n) is 12.7. The largest absolute Gasteiger partial charge is 0.484 e. The van der Waals surface area contributed by atoms with E-state index in [1.54, 1.807) is 6.07 Å². The van der Waals surface area contributed by atoms with Gasteiger partial charge in [0.2, 0.25) is 0 Å². The van der Waals surface area contributed by atoms with Crippen molar-refractivity contribution in [3.8, 4) is 5.75 Å². The highest BCUT2D eigenvalue weighted by Crippen LogP contribution is 2.30. The van der Waals surface area contributed by atoms with Gasteiger partial charge in [0, 0.05) is 37.2 Å². The number of likely N-dealkylation sites (tertiary alicyclic amines) is 1. The highest BCUT2D eigenvalue weighted by molar-refractivity contribution is 5.84. The van der Waals surface area contributed by atoms with Crippen LogP contribution in [0.15, 0.2) is 59.4 Å². The Hall–Kier alpha value is -3.08. The lowest BCUT2D eigenvalue weighted by Gasteiger charge is -2.32. The van der Waals surface area contributed by atoms with Gasteiger partial charge < -0.3 is 14.2 Å². The third kappa shape index (κ3) is 5.03. The van der Waals surface area contributed by atoms with Crippen LogP contribution in [0.2, 0.25) is 0 Å². The van der Waals surface area contributed by atoms with Crippen LogP contribution in [0.1, 0.15) is 43.2 Å². The predicted molar refractivity (Wildman–Crippen MR) is 135 cm³/mol. The summed E-state index contributed by atoms with van der Waals surface area (Å²) in [4.78, 5) is 27.5. The molecule has 2 heterocycles. The zero-order valence-electron chi connectivity index (χ0n) is 20.0. The minimum absolute atomic E-state index is 0.0352. The number of nitrogens with zero attached hydrogens (tertiary/aromatic N) is 2. The van der Waals surface area contributed by atoms with Crippen molar-refractivity contribution in [2.75, 3.05) is 19.7 Å². The monoisotopic (exact) mass is 458 g/mol. The van der Waals surface area contributed by atoms with Crippen LogP contribution in [0.4, 0.5) is 0 Å². The van der Waals surface area contributed by atoms with Crippen molar-refractivity contribution < 1.29 is 9.53 Å². The number of hydrogen-bond donors (Lipinski definition) is 0. The van der Waals surface area contributed by atoms with Crippen LogP contribution >= 0.6 is 0 Å². The smallest absolute Gasteiger partial charge is 0.260 e. The van der Waals surface area contributed by atoms with Crippen molar-refractivity contribution in [2.45, 2.75) is 52.0 Å². The van der Waals surface area contributed by atoms with E-state index in [0.717, 1.165) is 55.4 Å². The maximum absolute atomic E-state index is 12.8. The lowest BCUT2D eigenvalue weighted by Crippen LogP contribution is -2.41. The van der Waals surface area contributed by atoms with E-state index in [0.29, 0.717) is 17.6 Å². The lowest BCUT2D eigenvalue weighted by molar-refractivity contribution is -0.134. The van der Waals surface area contributed by atoms with E-state index in [2.05, 4.69) is 30.3 Å². The summed E-state index contributed by atoms with van der Waals surface area (Å²) < 4.78 is 7.81. The number of aryl methyl sites for hydroxylation is 1. The summed E-state index contributed by atoms with van der Waals surface area (Å²) in [6, 6.07) is 18.2. The van der Waals surface area contributed by atoms with Gasteiger partial charge in [-0.2, -0.15) is 0 Å². The van der Waals surface area contributed by atoms with Gasteiger partial charge >= 0.3 is 0 Å². The van der Waals surface area contributed by atoms with Crippen molar-refractivity contribution in [1.29, 1.82) is 0 Å². The van der Waals surface area contributed by atoms with Gasteiger partial charge in [-0.3, -0.25) is 9.59 Å². The van der Waals surface area contributed by atoms with E-state index in [9.17, 15) is 9.59 Å². The standard InChI is InChI=1S/C29H34N2O3/c1-21-16-28(32)31(19-24-8-5-9-24)27-18-25(10-11-26(21)27)34-20-29(33)30-14-12-23(13-15-30)17-22-6-3-2-4-7-22/h2-4,6-7,10-11,16,18,23-24H,5,8-9,12-15,17,19-20H2,1H3. The molecular formula is C29H34N2O3. The van der Waals surface area contributed by atoms with Crippen LogP contribution in [0.3, 0.4) is 0 Å². The zero-order chi connectivity index (χ0) is 23.5. The first-order chi connectivity index (χ1) is 16.6. The number of fused-ring (bicyclic) bond motifs is 1. The number of aromatic nitrogens is 1. The summed E-state index contributed by atoms with van der Waals surface area (Å²) in [5.41, 5.74) is 3.30. The highest BCUT2D eigenvalue weighted by Gasteiger charge is 2.23. The van der Waals surface area contributed by atoms with E-state index in [-0.39, 0.29) is 18.1 Å². The third-order valence-electron chi connectivity index (χ3n) is 7.65. The van der Waals surface area contributed by atoms with E-state index in [1.807, 2.05) is 34.6 Å². The summed E-state index contributed by atoms with van der Waals surface area (Å²) in [7, 11) is 0. The van der Waals surface area contributed by atoms with E-state index < -0.39 is 0 Å². The third-order valence-corrected chi connectivity index (χ3v) is 7.65. The maximum Gasteiger partial charge on any atom is 0.260 e. The number of amides is 1. The Morgan fingerprint density at radius 1 is 0.971 bits per heavy atom. The molecule has 5 rings (SSSR count). The van der Waals surface area contributed by atoms with Gasteiger partial charge in [0.15, 0.2) is 6.61 Å². The fourth-order valence-corrected chi connectivity index (χ4v) is 5.31. The van der Waals surface area contributed by atoms with E-state index in [1.165, 1.54) is 24.8 Å². The molecule has 1 aromatic heterocycles. The molecule has 0 spiro atoms. The molecule has 1 saturated heterocycles. The number of hydrogen-bond acceptors (Lipinski definition) is 3. The number of rotatable bonds is 7. The van der Waals surface area contributed by atoms with Gasteiger partial charge in [0.25, 0.3) is 11.5 Å². The van der Waals surface area contributed by atoms with Crippen LogP contribution in [-0.4, -0.2) is 35.1 Å². The number of carbonyl (C=O) groups is 1. The fraction of sp³-hybridized carbons (Fsp3) is 0.448. The quantitative estimate of drug-likeness (QED) is 0.502. The number of benzene rings is 2. The van der Waals surface area contributed by atoms with Crippen molar-refractivity contribution >= 4 is 16.8 Å². The van der Waals surface area contributed by atoms with Crippen LogP contribution in [-0.2, 0) is 17.8 Å². The van der Waals surface area contributed by atoms with Crippen molar-refractivity contribution in [1.82, 2.24) is 9.47 Å². The molecule has 1 aliphatic heterocycles. The summed E-state index contributed by atoms with van der Waals surface area (Å²) in [5.74, 6) is 1.89. The first-order valence-corrected chi connectivity index (χ1v) is 12.7. The SMILES string of the molecule is Cc1cc(=O)n(CC2CCC2)c2cc(OCC(=O)N3CCC(Cc4ccccc4)CC3)ccc12. The molecule has 2 fully saturated rings. The van der Waals surface area contributed by atoms with Crippen molar-refractivity contribution in [2.24, 2.45) is 11.8 Å². The second kappa shape index (κ2) is 10.0. The highest BCUT2D eigenvalue weighted by atomic mass is 16.5. The molecule has 34 heavy (non-hydrogen) atoms. The molecule has 0 radical (unpaired) electrons. The molecule has 5 heteroatoms. The lowest BCUT2D eigenvalue weighted by atomic mass is 9.85. The molecule has 0 atom stereocenters. The van der Waals surface area contributed by atoms with Crippen LogP contribution in [0, 0.1) is 18.8 Å². The Morgan fingerprint density at radius 2 is 1.74 bits per heavy atom. The summed E-state index contributed by atoms with van der Waals surface area (Å²) in [6.45, 7) is 4.35. The molecule has 0 N–H and O–H groups in total. The van der Waals surface area contributed by atoms with Crippen molar-refractivity contribution in [3.63, 3.8) is 0 Å². The van der Waals surface area contributed by atoms with Crippen molar-refractivity contribution in [3.05, 3.63) is 76.1 Å².